The largest absolute Gasteiger partial charge is 0.321 e. The van der Waals surface area contributed by atoms with Gasteiger partial charge in [-0.3, -0.25) is 0 Å². The van der Waals surface area contributed by atoms with Gasteiger partial charge >= 0.3 is 0 Å². The predicted octanol–water partition coefficient (Wildman–Crippen LogP) is 3.50. The molecule has 2 heteroatoms. The summed E-state index contributed by atoms with van der Waals surface area (Å²) in [6.45, 7) is 4.01. The molecule has 0 saturated heterocycles. The Balaban J connectivity index is 2.37. The Kier molecular flexibility index (Phi) is 3.02. The van der Waals surface area contributed by atoms with Gasteiger partial charge in [-0.15, -0.1) is 0 Å². The fourth-order valence-electron chi connectivity index (χ4n) is 2.74. The van der Waals surface area contributed by atoms with E-state index in [2.05, 4.69) is 6.92 Å². The SMILES string of the molecule is Cc1cc(C2(N)CCCCC2C)ccc1F. The van der Waals surface area contributed by atoms with Crippen LogP contribution in [-0.2, 0) is 5.54 Å². The summed E-state index contributed by atoms with van der Waals surface area (Å²) < 4.78 is 13.2. The first kappa shape index (κ1) is 11.6. The summed E-state index contributed by atoms with van der Waals surface area (Å²) in [5, 5.41) is 0. The second kappa shape index (κ2) is 4.17. The average Bonchev–Trinajstić information content (AvgIpc) is 2.26. The van der Waals surface area contributed by atoms with Crippen LogP contribution in [0.3, 0.4) is 0 Å². The molecule has 1 aromatic rings. The van der Waals surface area contributed by atoms with E-state index in [-0.39, 0.29) is 11.4 Å². The molecule has 0 aromatic heterocycles. The van der Waals surface area contributed by atoms with Crippen molar-refractivity contribution in [2.75, 3.05) is 0 Å². The monoisotopic (exact) mass is 221 g/mol. The second-order valence-electron chi connectivity index (χ2n) is 5.15. The van der Waals surface area contributed by atoms with Crippen LogP contribution in [0.2, 0.25) is 0 Å². The maximum atomic E-state index is 13.2. The van der Waals surface area contributed by atoms with Crippen LogP contribution in [0.5, 0.6) is 0 Å². The van der Waals surface area contributed by atoms with Crippen molar-refractivity contribution in [3.63, 3.8) is 0 Å². The highest BCUT2D eigenvalue weighted by molar-refractivity contribution is 5.30. The fourth-order valence-corrected chi connectivity index (χ4v) is 2.74. The number of hydrogen-bond donors (Lipinski definition) is 1. The molecule has 1 aromatic carbocycles. The lowest BCUT2D eigenvalue weighted by molar-refractivity contribution is 0.206. The van der Waals surface area contributed by atoms with Crippen LogP contribution in [0.25, 0.3) is 0 Å². The van der Waals surface area contributed by atoms with Crippen molar-refractivity contribution in [3.05, 3.63) is 35.1 Å². The number of hydrogen-bond acceptors (Lipinski definition) is 1. The summed E-state index contributed by atoms with van der Waals surface area (Å²) in [5.74, 6) is 0.335. The molecule has 0 amide bonds. The minimum atomic E-state index is -0.253. The Morgan fingerprint density at radius 2 is 2.12 bits per heavy atom. The van der Waals surface area contributed by atoms with Crippen molar-refractivity contribution in [2.45, 2.75) is 45.1 Å². The molecular weight excluding hydrogens is 201 g/mol. The summed E-state index contributed by atoms with van der Waals surface area (Å²) in [6.07, 6.45) is 4.63. The smallest absolute Gasteiger partial charge is 0.126 e. The Labute approximate surface area is 96.9 Å². The van der Waals surface area contributed by atoms with E-state index in [4.69, 9.17) is 5.73 Å². The highest BCUT2D eigenvalue weighted by atomic mass is 19.1. The Hall–Kier alpha value is -0.890. The molecule has 16 heavy (non-hydrogen) atoms. The molecular formula is C14H20FN. The first-order valence-corrected chi connectivity index (χ1v) is 6.09. The fraction of sp³-hybridized carbons (Fsp3) is 0.571. The topological polar surface area (TPSA) is 26.0 Å². The van der Waals surface area contributed by atoms with Gasteiger partial charge in [-0.1, -0.05) is 31.9 Å². The molecule has 2 unspecified atom stereocenters. The maximum absolute atomic E-state index is 13.2. The molecule has 1 saturated carbocycles. The molecule has 0 spiro atoms. The molecule has 0 bridgehead atoms. The van der Waals surface area contributed by atoms with Crippen LogP contribution in [0, 0.1) is 18.7 Å². The number of benzene rings is 1. The number of rotatable bonds is 1. The number of aryl methyl sites for hydroxylation is 1. The minimum absolute atomic E-state index is 0.143. The van der Waals surface area contributed by atoms with Crippen molar-refractivity contribution >= 4 is 0 Å². The third-order valence-electron chi connectivity index (χ3n) is 4.05. The van der Waals surface area contributed by atoms with Crippen LogP contribution >= 0.6 is 0 Å². The summed E-state index contributed by atoms with van der Waals surface area (Å²) >= 11 is 0. The van der Waals surface area contributed by atoms with Crippen LogP contribution in [0.15, 0.2) is 18.2 Å². The molecule has 1 nitrogen and oxygen atoms in total. The summed E-state index contributed by atoms with van der Waals surface area (Å²) in [4.78, 5) is 0. The lowest BCUT2D eigenvalue weighted by atomic mass is 9.70. The lowest BCUT2D eigenvalue weighted by Gasteiger charge is -2.40. The zero-order valence-electron chi connectivity index (χ0n) is 10.1. The van der Waals surface area contributed by atoms with Crippen molar-refractivity contribution < 1.29 is 4.39 Å². The molecule has 1 aliphatic rings. The van der Waals surface area contributed by atoms with Gasteiger partial charge in [-0.05, 0) is 42.9 Å². The van der Waals surface area contributed by atoms with Crippen LogP contribution < -0.4 is 5.73 Å². The molecule has 1 fully saturated rings. The Bertz CT molecular complexity index is 388. The van der Waals surface area contributed by atoms with E-state index in [0.717, 1.165) is 12.0 Å². The van der Waals surface area contributed by atoms with Crippen molar-refractivity contribution in [1.29, 1.82) is 0 Å². The van der Waals surface area contributed by atoms with Gasteiger partial charge in [-0.2, -0.15) is 0 Å². The van der Waals surface area contributed by atoms with Gasteiger partial charge in [0, 0.05) is 5.54 Å². The van der Waals surface area contributed by atoms with Crippen LogP contribution in [0.1, 0.15) is 43.7 Å². The zero-order chi connectivity index (χ0) is 11.8. The Morgan fingerprint density at radius 3 is 2.75 bits per heavy atom. The quantitative estimate of drug-likeness (QED) is 0.771. The van der Waals surface area contributed by atoms with E-state index in [1.165, 1.54) is 19.3 Å². The van der Waals surface area contributed by atoms with E-state index >= 15 is 0 Å². The summed E-state index contributed by atoms with van der Waals surface area (Å²) in [6, 6.07) is 5.31. The normalized spacial score (nSPS) is 30.4. The van der Waals surface area contributed by atoms with Crippen molar-refractivity contribution in [2.24, 2.45) is 11.7 Å². The standard InChI is InChI=1S/C14H20FN/c1-10-9-12(6-7-13(10)15)14(16)8-4-3-5-11(14)2/h6-7,9,11H,3-5,8,16H2,1-2H3. The van der Waals surface area contributed by atoms with Gasteiger partial charge in [0.25, 0.3) is 0 Å². The highest BCUT2D eigenvalue weighted by Gasteiger charge is 2.35. The predicted molar refractivity (Wildman–Crippen MR) is 64.6 cm³/mol. The van der Waals surface area contributed by atoms with Gasteiger partial charge < -0.3 is 5.73 Å². The van der Waals surface area contributed by atoms with Crippen molar-refractivity contribution in [3.8, 4) is 0 Å². The van der Waals surface area contributed by atoms with Gasteiger partial charge in [-0.25, -0.2) is 4.39 Å². The van der Waals surface area contributed by atoms with Crippen LogP contribution in [-0.4, -0.2) is 0 Å². The average molecular weight is 221 g/mol. The first-order chi connectivity index (χ1) is 7.54. The third-order valence-corrected chi connectivity index (χ3v) is 4.05. The zero-order valence-corrected chi connectivity index (χ0v) is 10.1. The van der Waals surface area contributed by atoms with E-state index < -0.39 is 0 Å². The number of nitrogens with two attached hydrogens (primary N) is 1. The molecule has 88 valence electrons. The minimum Gasteiger partial charge on any atom is -0.321 e. The molecule has 2 atom stereocenters. The lowest BCUT2D eigenvalue weighted by Crippen LogP contribution is -2.45. The molecule has 0 radical (unpaired) electrons. The molecule has 2 rings (SSSR count). The second-order valence-corrected chi connectivity index (χ2v) is 5.15. The van der Waals surface area contributed by atoms with Gasteiger partial charge in [0.1, 0.15) is 5.82 Å². The highest BCUT2D eigenvalue weighted by Crippen LogP contribution is 2.39. The van der Waals surface area contributed by atoms with Crippen LogP contribution in [0.4, 0.5) is 4.39 Å². The van der Waals surface area contributed by atoms with Gasteiger partial charge in [0.2, 0.25) is 0 Å². The summed E-state index contributed by atoms with van der Waals surface area (Å²) in [7, 11) is 0. The van der Waals surface area contributed by atoms with Gasteiger partial charge in [0.15, 0.2) is 0 Å². The first-order valence-electron chi connectivity index (χ1n) is 6.09. The molecule has 0 aliphatic heterocycles. The van der Waals surface area contributed by atoms with Gasteiger partial charge in [0.05, 0.1) is 0 Å². The van der Waals surface area contributed by atoms with E-state index in [0.29, 0.717) is 11.5 Å². The Morgan fingerprint density at radius 1 is 1.38 bits per heavy atom. The molecule has 2 N–H and O–H groups in total. The van der Waals surface area contributed by atoms with E-state index in [1.807, 2.05) is 12.1 Å². The van der Waals surface area contributed by atoms with Crippen molar-refractivity contribution in [1.82, 2.24) is 0 Å². The summed E-state index contributed by atoms with van der Waals surface area (Å²) in [5.41, 5.74) is 8.06. The molecule has 1 aliphatic carbocycles. The third kappa shape index (κ3) is 1.86. The van der Waals surface area contributed by atoms with E-state index in [1.54, 1.807) is 13.0 Å². The number of halogens is 1. The molecule has 0 heterocycles. The maximum Gasteiger partial charge on any atom is 0.126 e. The van der Waals surface area contributed by atoms with E-state index in [9.17, 15) is 4.39 Å².